The second-order valence-corrected chi connectivity index (χ2v) is 12.1. The number of anilines is 1. The summed E-state index contributed by atoms with van der Waals surface area (Å²) in [6, 6.07) is 12.0. The van der Waals surface area contributed by atoms with Gasteiger partial charge in [-0.25, -0.2) is 8.42 Å². The van der Waals surface area contributed by atoms with Gasteiger partial charge >= 0.3 is 0 Å². The Bertz CT molecular complexity index is 1160. The smallest absolute Gasteiger partial charge is 0.242 e. The molecule has 0 spiro atoms. The molecule has 198 valence electrons. The van der Waals surface area contributed by atoms with Gasteiger partial charge in [0, 0.05) is 35.6 Å². The minimum Gasteiger partial charge on any atom is -0.354 e. The van der Waals surface area contributed by atoms with Crippen molar-refractivity contribution in [1.82, 2.24) is 10.2 Å². The number of nitrogens with one attached hydrogen (secondary N) is 1. The van der Waals surface area contributed by atoms with Gasteiger partial charge in [0.05, 0.1) is 11.9 Å². The van der Waals surface area contributed by atoms with Gasteiger partial charge in [0.15, 0.2) is 0 Å². The van der Waals surface area contributed by atoms with Gasteiger partial charge in [0.2, 0.25) is 21.8 Å². The predicted molar refractivity (Wildman–Crippen MR) is 150 cm³/mol. The molecule has 1 atom stereocenters. The zero-order valence-electron chi connectivity index (χ0n) is 21.3. The largest absolute Gasteiger partial charge is 0.354 e. The summed E-state index contributed by atoms with van der Waals surface area (Å²) in [6.45, 7) is 6.52. The molecule has 0 aliphatic carbocycles. The van der Waals surface area contributed by atoms with Crippen LogP contribution in [0.3, 0.4) is 0 Å². The summed E-state index contributed by atoms with van der Waals surface area (Å²) in [5.41, 5.74) is 2.15. The third-order valence-electron chi connectivity index (χ3n) is 5.83. The Morgan fingerprint density at radius 1 is 1.14 bits per heavy atom. The monoisotopic (exact) mass is 599 g/mol. The van der Waals surface area contributed by atoms with Crippen LogP contribution in [0.1, 0.15) is 50.7 Å². The number of amides is 2. The Kier molecular flexibility index (Phi) is 11.7. The summed E-state index contributed by atoms with van der Waals surface area (Å²) >= 11 is 9.56. The summed E-state index contributed by atoms with van der Waals surface area (Å²) in [5, 5.41) is 3.33. The molecule has 0 radical (unpaired) electrons. The molecule has 0 saturated heterocycles. The Morgan fingerprint density at radius 2 is 1.86 bits per heavy atom. The van der Waals surface area contributed by atoms with Crippen LogP contribution in [0.4, 0.5) is 5.69 Å². The number of hydrogen-bond acceptors (Lipinski definition) is 4. The van der Waals surface area contributed by atoms with Crippen LogP contribution < -0.4 is 9.62 Å². The minimum absolute atomic E-state index is 0.0895. The summed E-state index contributed by atoms with van der Waals surface area (Å²) in [4.78, 5) is 27.7. The van der Waals surface area contributed by atoms with Gasteiger partial charge < -0.3 is 10.2 Å². The van der Waals surface area contributed by atoms with Crippen LogP contribution in [0.5, 0.6) is 0 Å². The molecule has 0 heterocycles. The molecule has 0 aliphatic heterocycles. The van der Waals surface area contributed by atoms with Gasteiger partial charge in [0.25, 0.3) is 0 Å². The van der Waals surface area contributed by atoms with Crippen LogP contribution in [0.15, 0.2) is 46.9 Å². The summed E-state index contributed by atoms with van der Waals surface area (Å²) in [7, 11) is -3.59. The number of rotatable bonds is 13. The zero-order chi connectivity index (χ0) is 26.9. The van der Waals surface area contributed by atoms with Gasteiger partial charge in [-0.1, -0.05) is 59.1 Å². The van der Waals surface area contributed by atoms with Crippen molar-refractivity contribution in [3.63, 3.8) is 0 Å². The predicted octanol–water partition coefficient (Wildman–Crippen LogP) is 5.29. The SMILES string of the molecule is CCCCNC(=O)[C@H](C)N(Cc1cccc(Br)c1)C(=O)CCCN(c1cc(Cl)ccc1C)S(C)(=O)=O. The number of carbonyl (C=O) groups is 2. The Hall–Kier alpha value is -2.10. The summed E-state index contributed by atoms with van der Waals surface area (Å²) in [6.07, 6.45) is 3.33. The average molecular weight is 601 g/mol. The van der Waals surface area contributed by atoms with Gasteiger partial charge in [-0.05, 0) is 62.1 Å². The molecule has 2 amide bonds. The van der Waals surface area contributed by atoms with Gasteiger partial charge in [-0.15, -0.1) is 0 Å². The van der Waals surface area contributed by atoms with Crippen molar-refractivity contribution in [1.29, 1.82) is 0 Å². The number of benzene rings is 2. The topological polar surface area (TPSA) is 86.8 Å². The van der Waals surface area contributed by atoms with Crippen molar-refractivity contribution in [2.24, 2.45) is 0 Å². The van der Waals surface area contributed by atoms with Crippen LogP contribution in [0.2, 0.25) is 5.02 Å². The van der Waals surface area contributed by atoms with E-state index in [1.54, 1.807) is 30.0 Å². The maximum Gasteiger partial charge on any atom is 0.242 e. The van der Waals surface area contributed by atoms with E-state index in [2.05, 4.69) is 21.2 Å². The minimum atomic E-state index is -3.59. The molecule has 0 aliphatic rings. The van der Waals surface area contributed by atoms with E-state index in [9.17, 15) is 18.0 Å². The van der Waals surface area contributed by atoms with Crippen molar-refractivity contribution < 1.29 is 18.0 Å². The van der Waals surface area contributed by atoms with E-state index >= 15 is 0 Å². The van der Waals surface area contributed by atoms with E-state index in [1.807, 2.05) is 38.1 Å². The highest BCUT2D eigenvalue weighted by atomic mass is 79.9. The van der Waals surface area contributed by atoms with Crippen molar-refractivity contribution >= 4 is 55.1 Å². The quantitative estimate of drug-likeness (QED) is 0.317. The highest BCUT2D eigenvalue weighted by Gasteiger charge is 2.27. The lowest BCUT2D eigenvalue weighted by Crippen LogP contribution is -2.48. The molecule has 0 bridgehead atoms. The molecule has 1 N–H and O–H groups in total. The number of sulfonamides is 1. The number of halogens is 2. The van der Waals surface area contributed by atoms with Crippen LogP contribution in [-0.4, -0.2) is 50.5 Å². The number of nitrogens with zero attached hydrogens (tertiary/aromatic N) is 2. The van der Waals surface area contributed by atoms with E-state index < -0.39 is 16.1 Å². The van der Waals surface area contributed by atoms with Gasteiger partial charge in [-0.3, -0.25) is 13.9 Å². The lowest BCUT2D eigenvalue weighted by molar-refractivity contribution is -0.140. The molecule has 10 heteroatoms. The standard InChI is InChI=1S/C26H35BrClN3O4S/c1-5-6-14-29-26(33)20(3)30(18-21-9-7-10-22(27)16-21)25(32)11-8-15-31(36(4,34)35)24-17-23(28)13-12-19(24)2/h7,9-10,12-13,16-17,20H,5-6,8,11,14-15,18H2,1-4H3,(H,29,33)/t20-/m0/s1. The van der Waals surface area contributed by atoms with Crippen LogP contribution in [0.25, 0.3) is 0 Å². The molecule has 2 rings (SSSR count). The first-order chi connectivity index (χ1) is 16.9. The molecule has 2 aromatic carbocycles. The highest BCUT2D eigenvalue weighted by molar-refractivity contribution is 9.10. The van der Waals surface area contributed by atoms with Crippen LogP contribution in [0, 0.1) is 6.92 Å². The molecule has 36 heavy (non-hydrogen) atoms. The first-order valence-electron chi connectivity index (χ1n) is 12.0. The van der Waals surface area contributed by atoms with Gasteiger partial charge in [-0.2, -0.15) is 0 Å². The van der Waals surface area contributed by atoms with E-state index in [4.69, 9.17) is 11.6 Å². The second kappa shape index (κ2) is 14.0. The van der Waals surface area contributed by atoms with Crippen molar-refractivity contribution in [2.45, 2.75) is 59.0 Å². The lowest BCUT2D eigenvalue weighted by atomic mass is 10.1. The molecular formula is C26H35BrClN3O4S. The lowest BCUT2D eigenvalue weighted by Gasteiger charge is -2.29. The van der Waals surface area contributed by atoms with E-state index in [0.29, 0.717) is 17.3 Å². The van der Waals surface area contributed by atoms with Crippen molar-refractivity contribution in [3.05, 3.63) is 63.1 Å². The van der Waals surface area contributed by atoms with Crippen LogP contribution >= 0.6 is 27.5 Å². The third kappa shape index (κ3) is 9.09. The fourth-order valence-electron chi connectivity index (χ4n) is 3.78. The first kappa shape index (κ1) is 30.1. The van der Waals surface area contributed by atoms with E-state index in [-0.39, 0.29) is 37.7 Å². The average Bonchev–Trinajstić information content (AvgIpc) is 2.81. The fourth-order valence-corrected chi connectivity index (χ4v) is 5.41. The number of hydrogen-bond donors (Lipinski definition) is 1. The molecule has 0 saturated carbocycles. The third-order valence-corrected chi connectivity index (χ3v) is 7.74. The molecular weight excluding hydrogens is 566 g/mol. The Morgan fingerprint density at radius 3 is 2.50 bits per heavy atom. The number of carbonyl (C=O) groups excluding carboxylic acids is 2. The normalized spacial score (nSPS) is 12.2. The molecule has 0 unspecified atom stereocenters. The summed E-state index contributed by atoms with van der Waals surface area (Å²) < 4.78 is 27.2. The van der Waals surface area contributed by atoms with Crippen molar-refractivity contribution in [3.8, 4) is 0 Å². The molecule has 2 aromatic rings. The first-order valence-corrected chi connectivity index (χ1v) is 15.0. The van der Waals surface area contributed by atoms with Crippen LogP contribution in [-0.2, 0) is 26.2 Å². The van der Waals surface area contributed by atoms with E-state index in [0.717, 1.165) is 34.7 Å². The maximum absolute atomic E-state index is 13.3. The maximum atomic E-state index is 13.3. The number of aryl methyl sites for hydroxylation is 1. The highest BCUT2D eigenvalue weighted by Crippen LogP contribution is 2.27. The molecule has 7 nitrogen and oxygen atoms in total. The Labute approximate surface area is 228 Å². The Balaban J connectivity index is 2.18. The van der Waals surface area contributed by atoms with Gasteiger partial charge in [0.1, 0.15) is 6.04 Å². The van der Waals surface area contributed by atoms with Crippen molar-refractivity contribution in [2.75, 3.05) is 23.7 Å². The fraction of sp³-hybridized carbons (Fsp3) is 0.462. The number of unbranched alkanes of at least 4 members (excludes halogenated alkanes) is 1. The summed E-state index contributed by atoms with van der Waals surface area (Å²) in [5.74, 6) is -0.427. The molecule has 0 fully saturated rings. The molecule has 0 aromatic heterocycles. The zero-order valence-corrected chi connectivity index (χ0v) is 24.4. The van der Waals surface area contributed by atoms with E-state index in [1.165, 1.54) is 4.31 Å². The second-order valence-electron chi connectivity index (χ2n) is 8.84.